The summed E-state index contributed by atoms with van der Waals surface area (Å²) >= 11 is 0. The Bertz CT molecular complexity index is 1360. The third-order valence-corrected chi connectivity index (χ3v) is 9.69. The highest BCUT2D eigenvalue weighted by Gasteiger charge is 2.54. The summed E-state index contributed by atoms with van der Waals surface area (Å²) in [5, 5.41) is 20.6. The first kappa shape index (κ1) is 27.9. The number of benzene rings is 1. The number of carboxylic acids is 1. The first-order chi connectivity index (χ1) is 19.5. The molecule has 4 aliphatic rings. The first-order valence-electron chi connectivity index (χ1n) is 14.9. The Balaban J connectivity index is 1.16. The average molecular weight is 565 g/mol. The van der Waals surface area contributed by atoms with Crippen LogP contribution in [0.25, 0.3) is 10.9 Å². The van der Waals surface area contributed by atoms with Crippen LogP contribution in [-0.4, -0.2) is 99.4 Å². The molecule has 1 aromatic heterocycles. The number of aliphatic hydroxyl groups is 1. The first-order valence-corrected chi connectivity index (χ1v) is 14.9. The number of pyridine rings is 1. The highest BCUT2D eigenvalue weighted by Crippen LogP contribution is 2.46. The second-order valence-corrected chi connectivity index (χ2v) is 13.1. The molecule has 4 saturated heterocycles. The molecule has 220 valence electrons. The summed E-state index contributed by atoms with van der Waals surface area (Å²) in [6.45, 7) is 7.67. The maximum Gasteiger partial charge on any atom is 0.335 e. The van der Waals surface area contributed by atoms with E-state index in [0.29, 0.717) is 49.1 Å². The zero-order chi connectivity index (χ0) is 29.0. The Labute approximate surface area is 240 Å². The van der Waals surface area contributed by atoms with Crippen molar-refractivity contribution < 1.29 is 29.3 Å². The van der Waals surface area contributed by atoms with E-state index in [1.165, 1.54) is 0 Å². The minimum atomic E-state index is -1.72. The number of carbonyl (C=O) groups is 3. The van der Waals surface area contributed by atoms with Crippen molar-refractivity contribution in [3.63, 3.8) is 0 Å². The number of para-hydroxylation sites is 1. The monoisotopic (exact) mass is 564 g/mol. The number of esters is 1. The number of ether oxygens (including phenoxy) is 1. The number of aliphatic carboxylic acids is 1. The van der Waals surface area contributed by atoms with Gasteiger partial charge in [-0.1, -0.05) is 18.2 Å². The molecular weight excluding hydrogens is 524 g/mol. The van der Waals surface area contributed by atoms with Crippen LogP contribution < -0.4 is 4.90 Å². The Morgan fingerprint density at radius 3 is 2.39 bits per heavy atom. The number of rotatable bonds is 4. The fourth-order valence-electron chi connectivity index (χ4n) is 7.50. The smallest absolute Gasteiger partial charge is 0.335 e. The van der Waals surface area contributed by atoms with E-state index in [1.54, 1.807) is 0 Å². The van der Waals surface area contributed by atoms with E-state index < -0.39 is 22.6 Å². The van der Waals surface area contributed by atoms with Gasteiger partial charge in [-0.2, -0.15) is 0 Å². The molecule has 1 amide bonds. The number of nitrogens with zero attached hydrogens (tertiary/aromatic N) is 4. The van der Waals surface area contributed by atoms with Gasteiger partial charge in [0.05, 0.1) is 16.5 Å². The molecule has 0 bridgehead atoms. The van der Waals surface area contributed by atoms with Gasteiger partial charge in [-0.25, -0.2) is 9.78 Å². The molecule has 4 aliphatic heterocycles. The maximum atomic E-state index is 13.9. The Kier molecular flexibility index (Phi) is 6.97. The van der Waals surface area contributed by atoms with Crippen molar-refractivity contribution in [1.29, 1.82) is 0 Å². The highest BCUT2D eigenvalue weighted by atomic mass is 16.6. The van der Waals surface area contributed by atoms with Gasteiger partial charge in [-0.05, 0) is 58.2 Å². The Hall–Kier alpha value is -3.24. The number of carbonyl (C=O) groups excluding carboxylic acids is 2. The van der Waals surface area contributed by atoms with Crippen LogP contribution in [0.15, 0.2) is 30.3 Å². The van der Waals surface area contributed by atoms with E-state index in [-0.39, 0.29) is 24.7 Å². The molecule has 2 N–H and O–H groups in total. The van der Waals surface area contributed by atoms with E-state index in [4.69, 9.17) is 9.72 Å². The fourth-order valence-corrected chi connectivity index (χ4v) is 7.50. The van der Waals surface area contributed by atoms with E-state index >= 15 is 0 Å². The van der Waals surface area contributed by atoms with Crippen molar-refractivity contribution in [3.05, 3.63) is 35.9 Å². The van der Waals surface area contributed by atoms with Gasteiger partial charge >= 0.3 is 11.9 Å². The second-order valence-electron chi connectivity index (χ2n) is 13.1. The number of hydrogen-bond donors (Lipinski definition) is 2. The van der Waals surface area contributed by atoms with E-state index in [2.05, 4.69) is 4.90 Å². The lowest BCUT2D eigenvalue weighted by Crippen LogP contribution is -2.53. The van der Waals surface area contributed by atoms with Gasteiger partial charge in [-0.15, -0.1) is 0 Å². The van der Waals surface area contributed by atoms with Crippen molar-refractivity contribution in [2.45, 2.75) is 76.0 Å². The molecule has 1 spiro atoms. The number of amides is 1. The molecule has 1 unspecified atom stereocenters. The van der Waals surface area contributed by atoms with Gasteiger partial charge in [0.15, 0.2) is 5.60 Å². The van der Waals surface area contributed by atoms with Crippen molar-refractivity contribution in [3.8, 4) is 0 Å². The molecule has 0 saturated carbocycles. The van der Waals surface area contributed by atoms with Crippen molar-refractivity contribution >= 4 is 34.6 Å². The SMILES string of the molecule is CC1(C)CC2(CCCN(C3CCN(C(=O)c4cc(N5CCC(O)(C(=O)O)CC5)nc5ccccc45)CC3)C2)C(=O)O1. The molecule has 10 heteroatoms. The molecule has 0 radical (unpaired) electrons. The summed E-state index contributed by atoms with van der Waals surface area (Å²) in [6, 6.07) is 9.76. The number of fused-ring (bicyclic) bond motifs is 1. The molecule has 4 fully saturated rings. The van der Waals surface area contributed by atoms with Crippen LogP contribution in [0.3, 0.4) is 0 Å². The quantitative estimate of drug-likeness (QED) is 0.539. The number of hydrogen-bond acceptors (Lipinski definition) is 8. The summed E-state index contributed by atoms with van der Waals surface area (Å²) in [5.74, 6) is -0.658. The Morgan fingerprint density at radius 1 is 1.02 bits per heavy atom. The molecule has 1 aromatic carbocycles. The van der Waals surface area contributed by atoms with Gasteiger partial charge < -0.3 is 24.7 Å². The number of carboxylic acid groups (broad SMARTS) is 1. The standard InChI is InChI=1S/C31H40N4O6/c1-29(2)19-30(28(39)41-29)10-5-13-35(20-30)21-8-14-34(15-9-21)26(36)23-18-25(32-24-7-4-3-6-22(23)24)33-16-11-31(40,12-17-33)27(37)38/h3-4,6-7,18,21,40H,5,8-17,19-20H2,1-2H3,(H,37,38). The van der Waals surface area contributed by atoms with Gasteiger partial charge in [0.1, 0.15) is 11.4 Å². The molecule has 5 heterocycles. The van der Waals surface area contributed by atoms with Crippen molar-refractivity contribution in [2.24, 2.45) is 5.41 Å². The lowest BCUT2D eigenvalue weighted by atomic mass is 9.74. The van der Waals surface area contributed by atoms with E-state index in [1.807, 2.05) is 54.0 Å². The average Bonchev–Trinajstić information content (AvgIpc) is 3.18. The summed E-state index contributed by atoms with van der Waals surface area (Å²) in [4.78, 5) is 49.4. The Morgan fingerprint density at radius 2 is 1.73 bits per heavy atom. The fraction of sp³-hybridized carbons (Fsp3) is 0.613. The molecule has 1 atom stereocenters. The van der Waals surface area contributed by atoms with Crippen LogP contribution in [0.5, 0.6) is 0 Å². The minimum absolute atomic E-state index is 0.0291. The number of aromatic nitrogens is 1. The second kappa shape index (κ2) is 10.2. The molecule has 6 rings (SSSR count). The third-order valence-electron chi connectivity index (χ3n) is 9.69. The molecule has 41 heavy (non-hydrogen) atoms. The van der Waals surface area contributed by atoms with Crippen molar-refractivity contribution in [1.82, 2.24) is 14.8 Å². The molecule has 0 aliphatic carbocycles. The van der Waals surface area contributed by atoms with Gasteiger partial charge in [0.2, 0.25) is 0 Å². The predicted molar refractivity (Wildman–Crippen MR) is 153 cm³/mol. The number of piperidine rings is 3. The topological polar surface area (TPSA) is 124 Å². The normalized spacial score (nSPS) is 26.9. The van der Waals surface area contributed by atoms with Crippen LogP contribution in [0.4, 0.5) is 5.82 Å². The minimum Gasteiger partial charge on any atom is -0.479 e. The maximum absolute atomic E-state index is 13.9. The largest absolute Gasteiger partial charge is 0.479 e. The summed E-state index contributed by atoms with van der Waals surface area (Å²) in [6.07, 6.45) is 4.54. The van der Waals surface area contributed by atoms with Crippen LogP contribution >= 0.6 is 0 Å². The van der Waals surface area contributed by atoms with Crippen LogP contribution in [0, 0.1) is 5.41 Å². The lowest BCUT2D eigenvalue weighted by molar-refractivity contribution is -0.160. The molecular formula is C31H40N4O6. The number of cyclic esters (lactones) is 1. The predicted octanol–water partition coefficient (Wildman–Crippen LogP) is 3.06. The van der Waals surface area contributed by atoms with Gasteiger partial charge in [0, 0.05) is 63.4 Å². The molecule has 2 aromatic rings. The van der Waals surface area contributed by atoms with Gasteiger partial charge in [-0.3, -0.25) is 14.5 Å². The highest BCUT2D eigenvalue weighted by molar-refractivity contribution is 6.07. The van der Waals surface area contributed by atoms with Crippen molar-refractivity contribution in [2.75, 3.05) is 44.2 Å². The lowest BCUT2D eigenvalue weighted by Gasteiger charge is -2.45. The van der Waals surface area contributed by atoms with Crippen LogP contribution in [0.1, 0.15) is 69.2 Å². The van der Waals surface area contributed by atoms with Gasteiger partial charge in [0.25, 0.3) is 5.91 Å². The summed E-state index contributed by atoms with van der Waals surface area (Å²) < 4.78 is 5.72. The summed E-state index contributed by atoms with van der Waals surface area (Å²) in [5.41, 5.74) is -1.23. The van der Waals surface area contributed by atoms with E-state index in [0.717, 1.165) is 50.6 Å². The zero-order valence-electron chi connectivity index (χ0n) is 24.0. The van der Waals surface area contributed by atoms with Crippen LogP contribution in [-0.2, 0) is 14.3 Å². The number of anilines is 1. The number of likely N-dealkylation sites (tertiary alicyclic amines) is 2. The summed E-state index contributed by atoms with van der Waals surface area (Å²) in [7, 11) is 0. The zero-order valence-corrected chi connectivity index (χ0v) is 24.0. The third kappa shape index (κ3) is 5.16. The van der Waals surface area contributed by atoms with Crippen LogP contribution in [0.2, 0.25) is 0 Å². The molecule has 10 nitrogen and oxygen atoms in total. The van der Waals surface area contributed by atoms with E-state index in [9.17, 15) is 24.6 Å².